The molecule has 32 heavy (non-hydrogen) atoms. The molecule has 2 N–H and O–H groups in total. The number of rotatable bonds is 7. The Morgan fingerprint density at radius 1 is 1.06 bits per heavy atom. The molecule has 162 valence electrons. The highest BCUT2D eigenvalue weighted by molar-refractivity contribution is 6.09. The van der Waals surface area contributed by atoms with Crippen molar-refractivity contribution in [1.82, 2.24) is 5.32 Å². The van der Waals surface area contributed by atoms with Crippen molar-refractivity contribution in [3.05, 3.63) is 95.2 Å². The summed E-state index contributed by atoms with van der Waals surface area (Å²) in [6.07, 6.45) is 2.39. The van der Waals surface area contributed by atoms with Gasteiger partial charge in [-0.2, -0.15) is 0 Å². The van der Waals surface area contributed by atoms with Gasteiger partial charge in [0.2, 0.25) is 0 Å². The SMILES string of the molecule is CCOc1ccc(CCNC(=O)c2ccc3c(c2)NC(=O)C(=Cc2ccccc2)O3)cc1. The Labute approximate surface area is 186 Å². The Bertz CT molecular complexity index is 1140. The van der Waals surface area contributed by atoms with Gasteiger partial charge >= 0.3 is 0 Å². The van der Waals surface area contributed by atoms with Gasteiger partial charge in [-0.3, -0.25) is 9.59 Å². The smallest absolute Gasteiger partial charge is 0.291 e. The zero-order valence-corrected chi connectivity index (χ0v) is 17.8. The molecule has 6 heteroatoms. The molecule has 0 unspecified atom stereocenters. The molecule has 3 aromatic carbocycles. The number of nitrogens with one attached hydrogen (secondary N) is 2. The van der Waals surface area contributed by atoms with Gasteiger partial charge in [0.05, 0.1) is 12.3 Å². The minimum absolute atomic E-state index is 0.205. The molecule has 0 aromatic heterocycles. The third kappa shape index (κ3) is 5.16. The summed E-state index contributed by atoms with van der Waals surface area (Å²) in [6, 6.07) is 22.3. The van der Waals surface area contributed by atoms with Crippen LogP contribution in [-0.4, -0.2) is 25.0 Å². The van der Waals surface area contributed by atoms with Crippen LogP contribution in [0.2, 0.25) is 0 Å². The number of hydrogen-bond acceptors (Lipinski definition) is 4. The lowest BCUT2D eigenvalue weighted by Gasteiger charge is -2.20. The Balaban J connectivity index is 1.36. The summed E-state index contributed by atoms with van der Waals surface area (Å²) in [5.74, 6) is 0.974. The second-order valence-electron chi connectivity index (χ2n) is 7.27. The lowest BCUT2D eigenvalue weighted by Crippen LogP contribution is -2.27. The maximum absolute atomic E-state index is 12.6. The van der Waals surface area contributed by atoms with Crippen molar-refractivity contribution in [2.24, 2.45) is 0 Å². The average Bonchev–Trinajstić information content (AvgIpc) is 2.81. The second-order valence-corrected chi connectivity index (χ2v) is 7.27. The molecule has 1 aliphatic rings. The molecular weight excluding hydrogens is 404 g/mol. The molecule has 6 nitrogen and oxygen atoms in total. The van der Waals surface area contributed by atoms with E-state index in [4.69, 9.17) is 9.47 Å². The van der Waals surface area contributed by atoms with Crippen molar-refractivity contribution >= 4 is 23.6 Å². The van der Waals surface area contributed by atoms with E-state index in [0.29, 0.717) is 36.6 Å². The van der Waals surface area contributed by atoms with Gasteiger partial charge in [-0.25, -0.2) is 0 Å². The van der Waals surface area contributed by atoms with Crippen LogP contribution >= 0.6 is 0 Å². The van der Waals surface area contributed by atoms with Crippen molar-refractivity contribution in [2.45, 2.75) is 13.3 Å². The minimum atomic E-state index is -0.352. The molecule has 0 spiro atoms. The fraction of sp³-hybridized carbons (Fsp3) is 0.154. The number of fused-ring (bicyclic) bond motifs is 1. The third-order valence-corrected chi connectivity index (χ3v) is 4.96. The number of amides is 2. The molecule has 0 bridgehead atoms. The summed E-state index contributed by atoms with van der Waals surface area (Å²) in [4.78, 5) is 25.0. The van der Waals surface area contributed by atoms with E-state index < -0.39 is 0 Å². The molecule has 0 radical (unpaired) electrons. The van der Waals surface area contributed by atoms with Gasteiger partial charge in [0.1, 0.15) is 5.75 Å². The molecule has 0 aliphatic carbocycles. The number of carbonyl (C=O) groups is 2. The summed E-state index contributed by atoms with van der Waals surface area (Å²) < 4.78 is 11.2. The van der Waals surface area contributed by atoms with Crippen molar-refractivity contribution < 1.29 is 19.1 Å². The summed E-state index contributed by atoms with van der Waals surface area (Å²) in [5.41, 5.74) is 2.90. The van der Waals surface area contributed by atoms with E-state index in [9.17, 15) is 9.59 Å². The highest BCUT2D eigenvalue weighted by Crippen LogP contribution is 2.32. The first kappa shape index (κ1) is 21.2. The zero-order valence-electron chi connectivity index (χ0n) is 17.8. The van der Waals surface area contributed by atoms with Crippen LogP contribution in [0.3, 0.4) is 0 Å². The van der Waals surface area contributed by atoms with E-state index in [1.165, 1.54) is 0 Å². The van der Waals surface area contributed by atoms with Gasteiger partial charge in [0.25, 0.3) is 11.8 Å². The summed E-state index contributed by atoms with van der Waals surface area (Å²) in [5, 5.41) is 5.71. The van der Waals surface area contributed by atoms with Crippen LogP contribution in [0.5, 0.6) is 11.5 Å². The number of carbonyl (C=O) groups excluding carboxylic acids is 2. The minimum Gasteiger partial charge on any atom is -0.494 e. The number of ether oxygens (including phenoxy) is 2. The van der Waals surface area contributed by atoms with E-state index in [1.54, 1.807) is 24.3 Å². The predicted molar refractivity (Wildman–Crippen MR) is 124 cm³/mol. The molecule has 0 fully saturated rings. The monoisotopic (exact) mass is 428 g/mol. The summed E-state index contributed by atoms with van der Waals surface area (Å²) in [6.45, 7) is 3.07. The molecule has 4 rings (SSSR count). The maximum Gasteiger partial charge on any atom is 0.291 e. The van der Waals surface area contributed by atoms with E-state index in [2.05, 4.69) is 10.6 Å². The van der Waals surface area contributed by atoms with Crippen LogP contribution in [0.1, 0.15) is 28.4 Å². The lowest BCUT2D eigenvalue weighted by molar-refractivity contribution is -0.115. The first-order valence-electron chi connectivity index (χ1n) is 10.5. The fourth-order valence-corrected chi connectivity index (χ4v) is 3.34. The van der Waals surface area contributed by atoms with Crippen LogP contribution in [0.4, 0.5) is 5.69 Å². The lowest BCUT2D eigenvalue weighted by atomic mass is 10.1. The number of anilines is 1. The van der Waals surface area contributed by atoms with Gasteiger partial charge in [0, 0.05) is 12.1 Å². The Hall–Kier alpha value is -4.06. The number of benzene rings is 3. The van der Waals surface area contributed by atoms with Crippen molar-refractivity contribution in [3.63, 3.8) is 0 Å². The van der Waals surface area contributed by atoms with Gasteiger partial charge in [-0.15, -0.1) is 0 Å². The molecule has 0 saturated heterocycles. The summed E-state index contributed by atoms with van der Waals surface area (Å²) in [7, 11) is 0. The normalized spacial score (nSPS) is 13.7. The second kappa shape index (κ2) is 9.83. The molecule has 2 amide bonds. The van der Waals surface area contributed by atoms with Crippen molar-refractivity contribution in [1.29, 1.82) is 0 Å². The number of hydrogen-bond donors (Lipinski definition) is 2. The van der Waals surface area contributed by atoms with Crippen molar-refractivity contribution in [2.75, 3.05) is 18.5 Å². The molecule has 0 atom stereocenters. The quantitative estimate of drug-likeness (QED) is 0.546. The molecule has 1 heterocycles. The molecular formula is C26H24N2O4. The van der Waals surface area contributed by atoms with Crippen molar-refractivity contribution in [3.8, 4) is 11.5 Å². The fourth-order valence-electron chi connectivity index (χ4n) is 3.34. The van der Waals surface area contributed by atoms with Gasteiger partial charge in [-0.1, -0.05) is 42.5 Å². The molecule has 0 saturated carbocycles. The highest BCUT2D eigenvalue weighted by Gasteiger charge is 2.23. The standard InChI is InChI=1S/C26H24N2O4/c1-2-31-21-11-8-18(9-12-21)14-15-27-25(29)20-10-13-23-22(17-20)28-26(30)24(32-23)16-19-6-4-3-5-7-19/h3-13,16-17H,2,14-15H2,1H3,(H,27,29)(H,28,30). The topological polar surface area (TPSA) is 76.7 Å². The van der Waals surface area contributed by atoms with Crippen LogP contribution in [0, 0.1) is 0 Å². The first-order chi connectivity index (χ1) is 15.6. The largest absolute Gasteiger partial charge is 0.494 e. The summed E-state index contributed by atoms with van der Waals surface area (Å²) >= 11 is 0. The maximum atomic E-state index is 12.6. The predicted octanol–water partition coefficient (Wildman–Crippen LogP) is 4.43. The Kier molecular flexibility index (Phi) is 6.51. The zero-order chi connectivity index (χ0) is 22.3. The van der Waals surface area contributed by atoms with E-state index in [1.807, 2.05) is 61.5 Å². The highest BCUT2D eigenvalue weighted by atomic mass is 16.5. The molecule has 1 aliphatic heterocycles. The third-order valence-electron chi connectivity index (χ3n) is 4.96. The van der Waals surface area contributed by atoms with Gasteiger partial charge < -0.3 is 20.1 Å². The Morgan fingerprint density at radius 2 is 1.84 bits per heavy atom. The van der Waals surface area contributed by atoms with E-state index >= 15 is 0 Å². The Morgan fingerprint density at radius 3 is 2.59 bits per heavy atom. The van der Waals surface area contributed by atoms with E-state index in [-0.39, 0.29) is 17.6 Å². The molecule has 3 aromatic rings. The van der Waals surface area contributed by atoms with Gasteiger partial charge in [0.15, 0.2) is 11.5 Å². The van der Waals surface area contributed by atoms with Gasteiger partial charge in [-0.05, 0) is 60.9 Å². The first-order valence-corrected chi connectivity index (χ1v) is 10.5. The van der Waals surface area contributed by atoms with Crippen LogP contribution in [-0.2, 0) is 11.2 Å². The van der Waals surface area contributed by atoms with E-state index in [0.717, 1.165) is 16.9 Å². The van der Waals surface area contributed by atoms with Crippen LogP contribution in [0.25, 0.3) is 6.08 Å². The van der Waals surface area contributed by atoms with Crippen LogP contribution < -0.4 is 20.1 Å². The van der Waals surface area contributed by atoms with Crippen LogP contribution in [0.15, 0.2) is 78.6 Å². The average molecular weight is 428 g/mol.